The predicted octanol–water partition coefficient (Wildman–Crippen LogP) is 4.33. The van der Waals surface area contributed by atoms with Crippen molar-refractivity contribution < 1.29 is 28.5 Å². The lowest BCUT2D eigenvalue weighted by Crippen LogP contribution is -2.21. The number of halogens is 1. The van der Waals surface area contributed by atoms with Crippen LogP contribution in [0.15, 0.2) is 36.4 Å². The maximum absolute atomic E-state index is 12.3. The summed E-state index contributed by atoms with van der Waals surface area (Å²) in [6.07, 6.45) is 1.84. The van der Waals surface area contributed by atoms with E-state index >= 15 is 0 Å². The van der Waals surface area contributed by atoms with Gasteiger partial charge < -0.3 is 24.3 Å². The third-order valence-corrected chi connectivity index (χ3v) is 4.20. The van der Waals surface area contributed by atoms with Gasteiger partial charge in [0.05, 0.1) is 31.4 Å². The Labute approximate surface area is 174 Å². The monoisotopic (exact) mass is 421 g/mol. The molecule has 0 saturated heterocycles. The van der Waals surface area contributed by atoms with E-state index in [1.54, 1.807) is 31.4 Å². The van der Waals surface area contributed by atoms with Crippen LogP contribution in [0.2, 0.25) is 5.02 Å². The topological polar surface area (TPSA) is 83.1 Å². The van der Waals surface area contributed by atoms with Gasteiger partial charge in [0.1, 0.15) is 5.75 Å². The van der Waals surface area contributed by atoms with E-state index in [1.807, 2.05) is 6.92 Å². The molecular weight excluding hydrogens is 398 g/mol. The Hall–Kier alpha value is -2.93. The first-order chi connectivity index (χ1) is 14.0. The number of amides is 1. The molecule has 0 saturated carbocycles. The molecule has 2 rings (SSSR count). The van der Waals surface area contributed by atoms with Crippen LogP contribution in [0.1, 0.15) is 30.1 Å². The lowest BCUT2D eigenvalue weighted by Gasteiger charge is -2.14. The quantitative estimate of drug-likeness (QED) is 0.454. The first kappa shape index (κ1) is 22.4. The number of anilines is 1. The summed E-state index contributed by atoms with van der Waals surface area (Å²) in [4.78, 5) is 24.3. The molecule has 0 spiro atoms. The van der Waals surface area contributed by atoms with Crippen LogP contribution in [-0.2, 0) is 9.53 Å². The molecule has 156 valence electrons. The van der Waals surface area contributed by atoms with Crippen LogP contribution < -0.4 is 19.5 Å². The zero-order valence-electron chi connectivity index (χ0n) is 16.6. The molecule has 0 aliphatic carbocycles. The normalized spacial score (nSPS) is 10.2. The van der Waals surface area contributed by atoms with Gasteiger partial charge in [-0.15, -0.1) is 0 Å². The molecule has 2 aromatic carbocycles. The molecule has 0 heterocycles. The van der Waals surface area contributed by atoms with Crippen LogP contribution in [-0.4, -0.2) is 39.3 Å². The van der Waals surface area contributed by atoms with Crippen molar-refractivity contribution in [3.63, 3.8) is 0 Å². The number of carbonyl (C=O) groups is 2. The molecule has 0 unspecified atom stereocenters. The smallest absolute Gasteiger partial charge is 0.338 e. The fourth-order valence-corrected chi connectivity index (χ4v) is 2.65. The highest BCUT2D eigenvalue weighted by atomic mass is 35.5. The number of ether oxygens (including phenoxy) is 4. The number of unbranched alkanes of at least 4 members (excludes halogenated alkanes) is 1. The standard InChI is InChI=1S/C21H24ClNO6/c1-4-5-10-28-20-17(22)11-14(12-18(20)27-3)21(25)29-13-19(24)23-15-6-8-16(26-2)9-7-15/h6-9,11-12H,4-5,10,13H2,1-3H3,(H,23,24). The molecule has 0 aliphatic heterocycles. The molecule has 2 aromatic rings. The zero-order valence-corrected chi connectivity index (χ0v) is 17.4. The number of esters is 1. The second-order valence-corrected chi connectivity index (χ2v) is 6.45. The highest BCUT2D eigenvalue weighted by Crippen LogP contribution is 2.36. The van der Waals surface area contributed by atoms with E-state index in [2.05, 4.69) is 5.32 Å². The summed E-state index contributed by atoms with van der Waals surface area (Å²) in [6, 6.07) is 9.67. The Morgan fingerprint density at radius 3 is 2.41 bits per heavy atom. The molecular formula is C21H24ClNO6. The van der Waals surface area contributed by atoms with Crippen LogP contribution >= 0.6 is 11.6 Å². The maximum Gasteiger partial charge on any atom is 0.338 e. The molecule has 1 amide bonds. The van der Waals surface area contributed by atoms with Crippen molar-refractivity contribution >= 4 is 29.2 Å². The minimum Gasteiger partial charge on any atom is -0.497 e. The van der Waals surface area contributed by atoms with Crippen LogP contribution in [0.4, 0.5) is 5.69 Å². The second-order valence-electron chi connectivity index (χ2n) is 6.04. The van der Waals surface area contributed by atoms with Crippen LogP contribution in [0.3, 0.4) is 0 Å². The second kappa shape index (κ2) is 11.2. The van der Waals surface area contributed by atoms with Gasteiger partial charge in [0.25, 0.3) is 5.91 Å². The average Bonchev–Trinajstić information content (AvgIpc) is 2.73. The van der Waals surface area contributed by atoms with Crippen molar-refractivity contribution in [2.45, 2.75) is 19.8 Å². The number of benzene rings is 2. The van der Waals surface area contributed by atoms with Gasteiger partial charge in [-0.2, -0.15) is 0 Å². The number of nitrogens with one attached hydrogen (secondary N) is 1. The number of methoxy groups -OCH3 is 2. The third kappa shape index (κ3) is 6.57. The van der Waals surface area contributed by atoms with E-state index < -0.39 is 18.5 Å². The van der Waals surface area contributed by atoms with Gasteiger partial charge in [-0.25, -0.2) is 4.79 Å². The molecule has 7 nitrogen and oxygen atoms in total. The summed E-state index contributed by atoms with van der Waals surface area (Å²) in [7, 11) is 3.01. The first-order valence-corrected chi connectivity index (χ1v) is 9.47. The van der Waals surface area contributed by atoms with E-state index in [1.165, 1.54) is 19.2 Å². The van der Waals surface area contributed by atoms with Gasteiger partial charge in [0.2, 0.25) is 0 Å². The SMILES string of the molecule is CCCCOc1c(Cl)cc(C(=O)OCC(=O)Nc2ccc(OC)cc2)cc1OC. The zero-order chi connectivity index (χ0) is 21.2. The van der Waals surface area contributed by atoms with Crippen LogP contribution in [0, 0.1) is 0 Å². The fourth-order valence-electron chi connectivity index (χ4n) is 2.38. The summed E-state index contributed by atoms with van der Waals surface area (Å²) in [6.45, 7) is 2.09. The van der Waals surface area contributed by atoms with Crippen molar-refractivity contribution in [2.75, 3.05) is 32.8 Å². The molecule has 0 bridgehead atoms. The molecule has 0 radical (unpaired) electrons. The Morgan fingerprint density at radius 2 is 1.79 bits per heavy atom. The van der Waals surface area contributed by atoms with Crippen molar-refractivity contribution in [2.24, 2.45) is 0 Å². The summed E-state index contributed by atoms with van der Waals surface area (Å²) in [5.41, 5.74) is 0.720. The summed E-state index contributed by atoms with van der Waals surface area (Å²) in [5.74, 6) is 0.193. The van der Waals surface area contributed by atoms with E-state index in [9.17, 15) is 9.59 Å². The number of hydrogen-bond donors (Lipinski definition) is 1. The van der Waals surface area contributed by atoms with Crippen molar-refractivity contribution in [1.82, 2.24) is 0 Å². The fraction of sp³-hybridized carbons (Fsp3) is 0.333. The number of hydrogen-bond acceptors (Lipinski definition) is 6. The predicted molar refractivity (Wildman–Crippen MR) is 110 cm³/mol. The van der Waals surface area contributed by atoms with Gasteiger partial charge in [-0.3, -0.25) is 4.79 Å². The average molecular weight is 422 g/mol. The number of carbonyl (C=O) groups excluding carboxylic acids is 2. The van der Waals surface area contributed by atoms with Gasteiger partial charge in [0, 0.05) is 5.69 Å². The van der Waals surface area contributed by atoms with Crippen LogP contribution in [0.25, 0.3) is 0 Å². The number of rotatable bonds is 10. The first-order valence-electron chi connectivity index (χ1n) is 9.09. The van der Waals surface area contributed by atoms with E-state index in [4.69, 9.17) is 30.5 Å². The summed E-state index contributed by atoms with van der Waals surface area (Å²) >= 11 is 6.23. The van der Waals surface area contributed by atoms with Crippen molar-refractivity contribution in [3.8, 4) is 17.2 Å². The highest BCUT2D eigenvalue weighted by molar-refractivity contribution is 6.32. The molecule has 29 heavy (non-hydrogen) atoms. The largest absolute Gasteiger partial charge is 0.497 e. The van der Waals surface area contributed by atoms with E-state index in [0.29, 0.717) is 29.5 Å². The minimum absolute atomic E-state index is 0.159. The third-order valence-electron chi connectivity index (χ3n) is 3.92. The Kier molecular flexibility index (Phi) is 8.61. The van der Waals surface area contributed by atoms with Gasteiger partial charge in [-0.1, -0.05) is 24.9 Å². The van der Waals surface area contributed by atoms with E-state index in [-0.39, 0.29) is 10.6 Å². The lowest BCUT2D eigenvalue weighted by atomic mass is 10.2. The van der Waals surface area contributed by atoms with Gasteiger partial charge in [0.15, 0.2) is 18.1 Å². The molecule has 0 fully saturated rings. The molecule has 0 atom stereocenters. The molecule has 1 N–H and O–H groups in total. The summed E-state index contributed by atoms with van der Waals surface area (Å²) in [5, 5.41) is 2.86. The lowest BCUT2D eigenvalue weighted by molar-refractivity contribution is -0.119. The van der Waals surface area contributed by atoms with Gasteiger partial charge in [-0.05, 0) is 42.8 Å². The molecule has 8 heteroatoms. The molecule has 0 aromatic heterocycles. The summed E-state index contributed by atoms with van der Waals surface area (Å²) < 4.78 is 21.0. The highest BCUT2D eigenvalue weighted by Gasteiger charge is 2.18. The Balaban J connectivity index is 1.96. The van der Waals surface area contributed by atoms with E-state index in [0.717, 1.165) is 12.8 Å². The maximum atomic E-state index is 12.3. The Bertz CT molecular complexity index is 838. The van der Waals surface area contributed by atoms with Crippen molar-refractivity contribution in [3.05, 3.63) is 47.0 Å². The van der Waals surface area contributed by atoms with Gasteiger partial charge >= 0.3 is 5.97 Å². The Morgan fingerprint density at radius 1 is 1.07 bits per heavy atom. The van der Waals surface area contributed by atoms with Crippen LogP contribution in [0.5, 0.6) is 17.2 Å². The minimum atomic E-state index is -0.699. The van der Waals surface area contributed by atoms with Crippen molar-refractivity contribution in [1.29, 1.82) is 0 Å². The molecule has 0 aliphatic rings.